The number of benzene rings is 1. The molecule has 0 radical (unpaired) electrons. The van der Waals surface area contributed by atoms with Crippen LogP contribution in [0.15, 0.2) is 33.9 Å². The molecular formula is C19H24ClN3O3S. The van der Waals surface area contributed by atoms with Crippen LogP contribution in [0.4, 0.5) is 0 Å². The lowest BCUT2D eigenvalue weighted by Crippen LogP contribution is -2.40. The van der Waals surface area contributed by atoms with Crippen LogP contribution in [0.1, 0.15) is 38.5 Å². The molecule has 0 aliphatic heterocycles. The maximum Gasteiger partial charge on any atom is 0.277 e. The number of halogens is 1. The molecule has 0 bridgehead atoms. The van der Waals surface area contributed by atoms with Gasteiger partial charge in [0.2, 0.25) is 5.91 Å². The second-order valence-electron chi connectivity index (χ2n) is 6.91. The minimum absolute atomic E-state index is 0.0942. The van der Waals surface area contributed by atoms with E-state index in [9.17, 15) is 4.79 Å². The zero-order valence-electron chi connectivity index (χ0n) is 15.6. The van der Waals surface area contributed by atoms with Crippen LogP contribution >= 0.6 is 23.4 Å². The first-order chi connectivity index (χ1) is 13.0. The van der Waals surface area contributed by atoms with E-state index in [-0.39, 0.29) is 12.5 Å². The lowest BCUT2D eigenvalue weighted by Gasteiger charge is -2.33. The summed E-state index contributed by atoms with van der Waals surface area (Å²) in [5.74, 6) is 2.20. The Bertz CT molecular complexity index is 745. The number of thioether (sulfide) groups is 1. The second-order valence-corrected chi connectivity index (χ2v) is 8.27. The molecule has 0 N–H and O–H groups in total. The molecule has 2 aromatic rings. The van der Waals surface area contributed by atoms with Crippen LogP contribution in [0.5, 0.6) is 5.75 Å². The quantitative estimate of drug-likeness (QED) is 0.630. The number of ether oxygens (including phenoxy) is 1. The van der Waals surface area contributed by atoms with Gasteiger partial charge in [-0.2, -0.15) is 0 Å². The average Bonchev–Trinajstić information content (AvgIpc) is 3.13. The highest BCUT2D eigenvalue weighted by Gasteiger charge is 2.25. The van der Waals surface area contributed by atoms with Gasteiger partial charge >= 0.3 is 0 Å². The highest BCUT2D eigenvalue weighted by molar-refractivity contribution is 7.99. The Labute approximate surface area is 168 Å². The van der Waals surface area contributed by atoms with Crippen LogP contribution in [0.2, 0.25) is 5.02 Å². The fourth-order valence-corrected chi connectivity index (χ4v) is 3.92. The molecule has 1 amide bonds. The SMILES string of the molecule is CC1CCC(N(C)C(=O)CSc2nnc(COc3ccc(Cl)cc3)o2)CC1. The molecule has 0 spiro atoms. The van der Waals surface area contributed by atoms with Gasteiger partial charge in [-0.3, -0.25) is 4.79 Å². The Balaban J connectivity index is 1.43. The minimum Gasteiger partial charge on any atom is -0.484 e. The van der Waals surface area contributed by atoms with Gasteiger partial charge in [0.25, 0.3) is 11.1 Å². The van der Waals surface area contributed by atoms with Gasteiger partial charge in [0.05, 0.1) is 5.75 Å². The summed E-state index contributed by atoms with van der Waals surface area (Å²) >= 11 is 7.10. The van der Waals surface area contributed by atoms with E-state index >= 15 is 0 Å². The number of carbonyl (C=O) groups is 1. The van der Waals surface area contributed by atoms with Gasteiger partial charge in [-0.05, 0) is 55.9 Å². The summed E-state index contributed by atoms with van der Waals surface area (Å²) in [5.41, 5.74) is 0. The fourth-order valence-electron chi connectivity index (χ4n) is 3.09. The number of hydrogen-bond acceptors (Lipinski definition) is 6. The summed E-state index contributed by atoms with van der Waals surface area (Å²) in [6, 6.07) is 7.40. The van der Waals surface area contributed by atoms with E-state index < -0.39 is 0 Å². The minimum atomic E-state index is 0.0942. The predicted octanol–water partition coefficient (Wildman–Crippen LogP) is 4.43. The molecular weight excluding hydrogens is 386 g/mol. The molecule has 1 saturated carbocycles. The molecule has 0 atom stereocenters. The molecule has 0 saturated heterocycles. The Morgan fingerprint density at radius 1 is 1.26 bits per heavy atom. The third-order valence-corrected chi connectivity index (χ3v) is 5.93. The van der Waals surface area contributed by atoms with Crippen molar-refractivity contribution in [3.05, 3.63) is 35.2 Å². The van der Waals surface area contributed by atoms with Crippen molar-refractivity contribution in [3.63, 3.8) is 0 Å². The Hall–Kier alpha value is -1.73. The van der Waals surface area contributed by atoms with Crippen LogP contribution in [0.3, 0.4) is 0 Å². The fraction of sp³-hybridized carbons (Fsp3) is 0.526. The van der Waals surface area contributed by atoms with E-state index in [4.69, 9.17) is 20.8 Å². The summed E-state index contributed by atoms with van der Waals surface area (Å²) in [7, 11) is 1.89. The number of aromatic nitrogens is 2. The van der Waals surface area contributed by atoms with Crippen molar-refractivity contribution < 1.29 is 13.9 Å². The van der Waals surface area contributed by atoms with Gasteiger partial charge in [0.15, 0.2) is 6.61 Å². The molecule has 146 valence electrons. The van der Waals surface area contributed by atoms with Gasteiger partial charge in [0.1, 0.15) is 5.75 Å². The Morgan fingerprint density at radius 2 is 1.96 bits per heavy atom. The second kappa shape index (κ2) is 9.46. The summed E-state index contributed by atoms with van der Waals surface area (Å²) in [6.07, 6.45) is 4.55. The summed E-state index contributed by atoms with van der Waals surface area (Å²) in [4.78, 5) is 14.3. The van der Waals surface area contributed by atoms with Gasteiger partial charge in [0, 0.05) is 18.1 Å². The standard InChI is InChI=1S/C19H24ClN3O3S/c1-13-3-7-15(8-4-13)23(2)18(24)12-27-19-22-21-17(26-19)11-25-16-9-5-14(20)6-10-16/h5-6,9-10,13,15H,3-4,7-8,11-12H2,1-2H3. The average molecular weight is 410 g/mol. The molecule has 1 aliphatic rings. The van der Waals surface area contributed by atoms with Crippen LogP contribution in [-0.4, -0.2) is 39.8 Å². The van der Waals surface area contributed by atoms with E-state index in [1.54, 1.807) is 24.3 Å². The van der Waals surface area contributed by atoms with Crippen molar-refractivity contribution >= 4 is 29.3 Å². The molecule has 1 aromatic heterocycles. The largest absolute Gasteiger partial charge is 0.484 e. The van der Waals surface area contributed by atoms with Crippen LogP contribution in [0.25, 0.3) is 0 Å². The normalized spacial score (nSPS) is 19.7. The Morgan fingerprint density at radius 3 is 2.67 bits per heavy atom. The van der Waals surface area contributed by atoms with E-state index in [0.717, 1.165) is 18.8 Å². The summed E-state index contributed by atoms with van der Waals surface area (Å²) < 4.78 is 11.1. The molecule has 1 heterocycles. The number of amides is 1. The molecule has 1 aromatic carbocycles. The first-order valence-electron chi connectivity index (χ1n) is 9.10. The van der Waals surface area contributed by atoms with Crippen molar-refractivity contribution in [1.29, 1.82) is 0 Å². The van der Waals surface area contributed by atoms with Crippen molar-refractivity contribution in [1.82, 2.24) is 15.1 Å². The zero-order chi connectivity index (χ0) is 19.2. The van der Waals surface area contributed by atoms with Crippen LogP contribution in [-0.2, 0) is 11.4 Å². The van der Waals surface area contributed by atoms with Gasteiger partial charge in [-0.25, -0.2) is 0 Å². The number of carbonyl (C=O) groups excluding carboxylic acids is 1. The molecule has 1 aliphatic carbocycles. The maximum atomic E-state index is 12.4. The zero-order valence-corrected chi connectivity index (χ0v) is 17.1. The van der Waals surface area contributed by atoms with E-state index in [1.807, 2.05) is 11.9 Å². The van der Waals surface area contributed by atoms with Crippen molar-refractivity contribution in [2.24, 2.45) is 5.92 Å². The molecule has 8 heteroatoms. The topological polar surface area (TPSA) is 68.5 Å². The lowest BCUT2D eigenvalue weighted by atomic mass is 9.87. The van der Waals surface area contributed by atoms with Gasteiger partial charge < -0.3 is 14.1 Å². The van der Waals surface area contributed by atoms with Crippen molar-refractivity contribution in [2.75, 3.05) is 12.8 Å². The smallest absolute Gasteiger partial charge is 0.277 e. The first-order valence-corrected chi connectivity index (χ1v) is 10.5. The predicted molar refractivity (Wildman–Crippen MR) is 105 cm³/mol. The summed E-state index contributed by atoms with van der Waals surface area (Å²) in [6.45, 7) is 2.45. The molecule has 27 heavy (non-hydrogen) atoms. The number of nitrogens with zero attached hydrogens (tertiary/aromatic N) is 3. The van der Waals surface area contributed by atoms with E-state index in [2.05, 4.69) is 17.1 Å². The van der Waals surface area contributed by atoms with Crippen LogP contribution in [0, 0.1) is 5.92 Å². The number of hydrogen-bond donors (Lipinski definition) is 0. The van der Waals surface area contributed by atoms with Crippen LogP contribution < -0.4 is 4.74 Å². The molecule has 6 nitrogen and oxygen atoms in total. The third kappa shape index (κ3) is 5.87. The number of rotatable bonds is 7. The van der Waals surface area contributed by atoms with E-state index in [1.165, 1.54) is 24.6 Å². The molecule has 3 rings (SSSR count). The first kappa shape index (κ1) is 20.0. The monoisotopic (exact) mass is 409 g/mol. The van der Waals surface area contributed by atoms with Gasteiger partial charge in [-0.15, -0.1) is 10.2 Å². The summed E-state index contributed by atoms with van der Waals surface area (Å²) in [5, 5.41) is 8.95. The molecule has 0 unspecified atom stereocenters. The third-order valence-electron chi connectivity index (χ3n) is 4.87. The molecule has 1 fully saturated rings. The van der Waals surface area contributed by atoms with Crippen molar-refractivity contribution in [3.8, 4) is 5.75 Å². The highest BCUT2D eigenvalue weighted by atomic mass is 35.5. The van der Waals surface area contributed by atoms with E-state index in [0.29, 0.717) is 33.7 Å². The Kier molecular flexibility index (Phi) is 7.01. The lowest BCUT2D eigenvalue weighted by molar-refractivity contribution is -0.129. The van der Waals surface area contributed by atoms with Crippen molar-refractivity contribution in [2.45, 2.75) is 50.5 Å². The van der Waals surface area contributed by atoms with Gasteiger partial charge in [-0.1, -0.05) is 30.3 Å². The maximum absolute atomic E-state index is 12.4. The highest BCUT2D eigenvalue weighted by Crippen LogP contribution is 2.27.